The normalized spacial score (nSPS) is 22.8. The Morgan fingerprint density at radius 1 is 1.24 bits per heavy atom. The number of aromatic nitrogens is 1. The van der Waals surface area contributed by atoms with Gasteiger partial charge in [0, 0.05) is 24.3 Å². The summed E-state index contributed by atoms with van der Waals surface area (Å²) < 4.78 is 42.1. The zero-order valence-corrected chi connectivity index (χ0v) is 19.9. The highest BCUT2D eigenvalue weighted by Gasteiger charge is 2.43. The van der Waals surface area contributed by atoms with Crippen LogP contribution < -0.4 is 20.1 Å². The third-order valence-electron chi connectivity index (χ3n) is 6.19. The minimum atomic E-state index is -3.79. The van der Waals surface area contributed by atoms with Gasteiger partial charge in [0.25, 0.3) is 5.91 Å². The number of anilines is 1. The van der Waals surface area contributed by atoms with Gasteiger partial charge >= 0.3 is 0 Å². The van der Waals surface area contributed by atoms with Gasteiger partial charge < -0.3 is 15.0 Å². The summed E-state index contributed by atoms with van der Waals surface area (Å²) in [6.07, 6.45) is 4.66. The lowest BCUT2D eigenvalue weighted by molar-refractivity contribution is -0.135. The van der Waals surface area contributed by atoms with Gasteiger partial charge in [-0.05, 0) is 69.9 Å². The number of rotatable bonds is 6. The molecule has 8 nitrogen and oxygen atoms in total. The van der Waals surface area contributed by atoms with E-state index >= 15 is 0 Å². The van der Waals surface area contributed by atoms with Gasteiger partial charge in [0.05, 0.1) is 5.02 Å². The molecule has 2 aliphatic heterocycles. The van der Waals surface area contributed by atoms with Crippen molar-refractivity contribution >= 4 is 33.3 Å². The molecule has 2 aromatic rings. The number of ether oxygens (including phenoxy) is 1. The van der Waals surface area contributed by atoms with Crippen LogP contribution in [0.3, 0.4) is 0 Å². The van der Waals surface area contributed by atoms with Gasteiger partial charge in [-0.15, -0.1) is 0 Å². The molecule has 178 valence electrons. The Morgan fingerprint density at radius 2 is 1.91 bits per heavy atom. The summed E-state index contributed by atoms with van der Waals surface area (Å²) in [5.74, 6) is 0.179. The molecule has 1 unspecified atom stereocenters. The SMILES string of the molecule is CC(C)(Oc1ccc(F)cc1Cl)C(=O)NC1C[C@H]2CC[C@@H](C1)N2c1ccc(S(N)(=O)=O)cn1. The molecule has 2 aliphatic rings. The van der Waals surface area contributed by atoms with Crippen LogP contribution in [0.1, 0.15) is 39.5 Å². The molecule has 2 fully saturated rings. The average molecular weight is 497 g/mol. The molecule has 2 bridgehead atoms. The quantitative estimate of drug-likeness (QED) is 0.635. The van der Waals surface area contributed by atoms with Crippen LogP contribution >= 0.6 is 11.6 Å². The van der Waals surface area contributed by atoms with Crippen molar-refractivity contribution in [2.24, 2.45) is 5.14 Å². The Kier molecular flexibility index (Phi) is 6.28. The van der Waals surface area contributed by atoms with Crippen molar-refractivity contribution < 1.29 is 22.3 Å². The molecule has 3 heterocycles. The maximum Gasteiger partial charge on any atom is 0.263 e. The van der Waals surface area contributed by atoms with Crippen LogP contribution in [0.25, 0.3) is 0 Å². The Morgan fingerprint density at radius 3 is 2.45 bits per heavy atom. The lowest BCUT2D eigenvalue weighted by Gasteiger charge is -2.40. The maximum absolute atomic E-state index is 13.3. The third kappa shape index (κ3) is 5.07. The number of sulfonamides is 1. The fourth-order valence-corrected chi connectivity index (χ4v) is 5.26. The maximum atomic E-state index is 13.3. The van der Waals surface area contributed by atoms with Crippen LogP contribution in [-0.4, -0.2) is 43.0 Å². The molecular weight excluding hydrogens is 471 g/mol. The minimum absolute atomic E-state index is 0.0239. The number of nitrogens with zero attached hydrogens (tertiary/aromatic N) is 2. The molecule has 3 N–H and O–H groups in total. The Hall–Kier alpha value is -2.43. The highest BCUT2D eigenvalue weighted by Crippen LogP contribution is 2.39. The molecule has 0 aliphatic carbocycles. The topological polar surface area (TPSA) is 115 Å². The number of piperidine rings is 1. The van der Waals surface area contributed by atoms with E-state index in [2.05, 4.69) is 15.2 Å². The molecule has 4 rings (SSSR count). The van der Waals surface area contributed by atoms with Crippen molar-refractivity contribution in [1.29, 1.82) is 0 Å². The van der Waals surface area contributed by atoms with Gasteiger partial charge in [0.1, 0.15) is 22.3 Å². The molecule has 0 spiro atoms. The van der Waals surface area contributed by atoms with E-state index in [0.717, 1.165) is 31.7 Å². The fraction of sp³-hybridized carbons (Fsp3) is 0.455. The second-order valence-electron chi connectivity index (χ2n) is 9.02. The van der Waals surface area contributed by atoms with Crippen LogP contribution in [0.15, 0.2) is 41.4 Å². The van der Waals surface area contributed by atoms with Crippen molar-refractivity contribution in [1.82, 2.24) is 10.3 Å². The first-order valence-electron chi connectivity index (χ1n) is 10.7. The number of hydrogen-bond donors (Lipinski definition) is 2. The number of primary sulfonamides is 1. The molecule has 1 aromatic carbocycles. The molecule has 1 aromatic heterocycles. The molecule has 11 heteroatoms. The van der Waals surface area contributed by atoms with Gasteiger partial charge in [-0.3, -0.25) is 4.79 Å². The highest BCUT2D eigenvalue weighted by atomic mass is 35.5. The summed E-state index contributed by atoms with van der Waals surface area (Å²) in [4.78, 5) is 19.5. The number of carbonyl (C=O) groups is 1. The molecule has 3 atom stereocenters. The molecule has 2 saturated heterocycles. The van der Waals surface area contributed by atoms with E-state index in [1.807, 2.05) is 0 Å². The summed E-state index contributed by atoms with van der Waals surface area (Å²) in [6, 6.07) is 7.23. The minimum Gasteiger partial charge on any atom is -0.476 e. The van der Waals surface area contributed by atoms with Gasteiger partial charge in [0.15, 0.2) is 5.60 Å². The monoisotopic (exact) mass is 496 g/mol. The van der Waals surface area contributed by atoms with Crippen molar-refractivity contribution in [3.05, 3.63) is 47.4 Å². The van der Waals surface area contributed by atoms with Crippen molar-refractivity contribution in [3.8, 4) is 5.75 Å². The van der Waals surface area contributed by atoms with E-state index in [9.17, 15) is 17.6 Å². The number of hydrogen-bond acceptors (Lipinski definition) is 6. The van der Waals surface area contributed by atoms with Crippen LogP contribution in [0.2, 0.25) is 5.02 Å². The molecule has 0 saturated carbocycles. The highest BCUT2D eigenvalue weighted by molar-refractivity contribution is 7.89. The lowest BCUT2D eigenvalue weighted by atomic mass is 9.96. The van der Waals surface area contributed by atoms with Crippen molar-refractivity contribution in [2.75, 3.05) is 4.90 Å². The second-order valence-corrected chi connectivity index (χ2v) is 11.0. The summed E-state index contributed by atoms with van der Waals surface area (Å²) in [7, 11) is -3.79. The van der Waals surface area contributed by atoms with E-state index < -0.39 is 21.4 Å². The van der Waals surface area contributed by atoms with Crippen molar-refractivity contribution in [3.63, 3.8) is 0 Å². The zero-order valence-electron chi connectivity index (χ0n) is 18.3. The second kappa shape index (κ2) is 8.73. The number of nitrogens with two attached hydrogens (primary N) is 1. The van der Waals surface area contributed by atoms with E-state index in [0.29, 0.717) is 5.82 Å². The first-order chi connectivity index (χ1) is 15.4. The van der Waals surface area contributed by atoms with Gasteiger partial charge in [0.2, 0.25) is 10.0 Å². The van der Waals surface area contributed by atoms with Gasteiger partial charge in [-0.2, -0.15) is 0 Å². The number of amides is 1. The Bertz CT molecular complexity index is 1150. The summed E-state index contributed by atoms with van der Waals surface area (Å²) in [6.45, 7) is 3.28. The van der Waals surface area contributed by atoms with Crippen LogP contribution in [0, 0.1) is 5.82 Å². The molecule has 33 heavy (non-hydrogen) atoms. The summed E-state index contributed by atoms with van der Waals surface area (Å²) >= 11 is 6.04. The smallest absolute Gasteiger partial charge is 0.263 e. The van der Waals surface area contributed by atoms with Gasteiger partial charge in [-0.25, -0.2) is 22.9 Å². The standard InChI is InChI=1S/C22H26ClFN4O4S/c1-22(2,32-19-7-3-13(24)9-18(19)23)21(29)27-14-10-15-4-5-16(11-14)28(15)20-8-6-17(12-26-20)33(25,30)31/h3,6-9,12,14-16H,4-5,10-11H2,1-2H3,(H,27,29)(H2,25,30,31)/t14?,15-,16+. The zero-order chi connectivity index (χ0) is 24.0. The average Bonchev–Trinajstić information content (AvgIpc) is 3.00. The Balaban J connectivity index is 1.41. The number of nitrogens with one attached hydrogen (secondary N) is 1. The van der Waals surface area contributed by atoms with Crippen molar-refractivity contribution in [2.45, 2.75) is 68.2 Å². The predicted molar refractivity (Wildman–Crippen MR) is 122 cm³/mol. The summed E-state index contributed by atoms with van der Waals surface area (Å²) in [5.41, 5.74) is -1.21. The van der Waals surface area contributed by atoms with Gasteiger partial charge in [-0.1, -0.05) is 11.6 Å². The number of carbonyl (C=O) groups excluding carboxylic acids is 1. The molecular formula is C22H26ClFN4O4S. The number of fused-ring (bicyclic) bond motifs is 2. The predicted octanol–water partition coefficient (Wildman–Crippen LogP) is 3.00. The van der Waals surface area contributed by atoms with Crippen LogP contribution in [0.5, 0.6) is 5.75 Å². The van der Waals surface area contributed by atoms with Crippen LogP contribution in [-0.2, 0) is 14.8 Å². The van der Waals surface area contributed by atoms with Crippen LogP contribution in [0.4, 0.5) is 10.2 Å². The summed E-state index contributed by atoms with van der Waals surface area (Å²) in [5, 5.41) is 8.35. The number of halogens is 2. The largest absolute Gasteiger partial charge is 0.476 e. The Labute approximate surface area is 197 Å². The van der Waals surface area contributed by atoms with E-state index in [1.54, 1.807) is 19.9 Å². The first-order valence-corrected chi connectivity index (χ1v) is 12.6. The fourth-order valence-electron chi connectivity index (χ4n) is 4.60. The van der Waals surface area contributed by atoms with E-state index in [4.69, 9.17) is 21.5 Å². The first kappa shape index (κ1) is 23.7. The van der Waals surface area contributed by atoms with E-state index in [-0.39, 0.29) is 39.7 Å². The third-order valence-corrected chi connectivity index (χ3v) is 7.38. The number of pyridine rings is 1. The van der Waals surface area contributed by atoms with E-state index in [1.165, 1.54) is 24.4 Å². The lowest BCUT2D eigenvalue weighted by Crippen LogP contribution is -2.55. The molecule has 0 radical (unpaired) electrons. The number of benzene rings is 1. The molecule has 1 amide bonds.